The van der Waals surface area contributed by atoms with Crippen LogP contribution in [-0.2, 0) is 4.79 Å². The van der Waals surface area contributed by atoms with Crippen molar-refractivity contribution in [1.29, 1.82) is 0 Å². The molecule has 1 N–H and O–H groups in total. The van der Waals surface area contributed by atoms with Gasteiger partial charge in [-0.3, -0.25) is 4.79 Å². The number of carbonyl (C=O) groups excluding carboxylic acids is 1. The molecule has 5 heteroatoms. The summed E-state index contributed by atoms with van der Waals surface area (Å²) in [6.45, 7) is 2.32. The molecule has 0 heterocycles. The Morgan fingerprint density at radius 1 is 1.14 bits per heavy atom. The van der Waals surface area contributed by atoms with Gasteiger partial charge in [0, 0.05) is 6.42 Å². The third-order valence-corrected chi connectivity index (χ3v) is 3.03. The molecule has 0 unspecified atom stereocenters. The molecule has 0 radical (unpaired) electrons. The van der Waals surface area contributed by atoms with Gasteiger partial charge in [-0.2, -0.15) is 0 Å². The van der Waals surface area contributed by atoms with E-state index < -0.39 is 23.2 Å². The zero-order valence-corrected chi connectivity index (χ0v) is 12.2. The van der Waals surface area contributed by atoms with Gasteiger partial charge in [0.15, 0.2) is 0 Å². The van der Waals surface area contributed by atoms with Gasteiger partial charge < -0.3 is 10.1 Å². The van der Waals surface area contributed by atoms with Crippen LogP contribution < -0.4 is 10.1 Å². The van der Waals surface area contributed by atoms with Crippen LogP contribution in [0.15, 0.2) is 42.5 Å². The van der Waals surface area contributed by atoms with E-state index in [4.69, 9.17) is 4.74 Å². The third-order valence-electron chi connectivity index (χ3n) is 3.03. The summed E-state index contributed by atoms with van der Waals surface area (Å²) in [6, 6.07) is 11.0. The molecule has 0 atom stereocenters. The third kappa shape index (κ3) is 4.55. The van der Waals surface area contributed by atoms with Gasteiger partial charge in [0.2, 0.25) is 5.91 Å². The van der Waals surface area contributed by atoms with Crippen molar-refractivity contribution in [1.82, 2.24) is 0 Å². The average Bonchev–Trinajstić information content (AvgIpc) is 2.48. The zero-order valence-electron chi connectivity index (χ0n) is 12.2. The molecule has 0 bridgehead atoms. The van der Waals surface area contributed by atoms with Crippen LogP contribution in [0.2, 0.25) is 0 Å². The first-order chi connectivity index (χ1) is 10.6. The Bertz CT molecular complexity index is 639. The molecule has 0 saturated heterocycles. The summed E-state index contributed by atoms with van der Waals surface area (Å²) in [5.41, 5.74) is 0.678. The van der Waals surface area contributed by atoms with Crippen molar-refractivity contribution < 1.29 is 18.3 Å². The van der Waals surface area contributed by atoms with E-state index >= 15 is 0 Å². The number of hydrogen-bond acceptors (Lipinski definition) is 2. The first kappa shape index (κ1) is 15.9. The van der Waals surface area contributed by atoms with Crippen molar-refractivity contribution in [2.75, 3.05) is 11.9 Å². The highest BCUT2D eigenvalue weighted by molar-refractivity contribution is 5.90. The molecule has 0 aliphatic rings. The van der Waals surface area contributed by atoms with E-state index in [1.54, 1.807) is 0 Å². The van der Waals surface area contributed by atoms with Crippen LogP contribution in [0.3, 0.4) is 0 Å². The van der Waals surface area contributed by atoms with Crippen LogP contribution in [0.1, 0.15) is 18.4 Å². The largest absolute Gasteiger partial charge is 0.494 e. The summed E-state index contributed by atoms with van der Waals surface area (Å²) in [7, 11) is 0. The lowest BCUT2D eigenvalue weighted by Gasteiger charge is -2.08. The Morgan fingerprint density at radius 3 is 2.50 bits per heavy atom. The number of benzene rings is 2. The standard InChI is InChI=1S/C17H17F2NO2/c1-12-5-2-6-13(11-12)22-10-4-9-16(21)20-17-14(18)7-3-8-15(17)19/h2-3,5-8,11H,4,9-10H2,1H3,(H,20,21). The number of amides is 1. The lowest BCUT2D eigenvalue weighted by Crippen LogP contribution is -2.15. The lowest BCUT2D eigenvalue weighted by atomic mass is 10.2. The molecular weight excluding hydrogens is 288 g/mol. The summed E-state index contributed by atoms with van der Waals surface area (Å²) < 4.78 is 32.3. The van der Waals surface area contributed by atoms with E-state index in [1.165, 1.54) is 6.07 Å². The van der Waals surface area contributed by atoms with E-state index in [1.807, 2.05) is 31.2 Å². The predicted octanol–water partition coefficient (Wildman–Crippen LogP) is 4.07. The fraction of sp³-hybridized carbons (Fsp3) is 0.235. The Kier molecular flexibility index (Phi) is 5.47. The summed E-state index contributed by atoms with van der Waals surface area (Å²) >= 11 is 0. The minimum absolute atomic E-state index is 0.125. The molecule has 2 aromatic carbocycles. The molecule has 0 saturated carbocycles. The number of halogens is 2. The highest BCUT2D eigenvalue weighted by Gasteiger charge is 2.11. The molecule has 0 spiro atoms. The van der Waals surface area contributed by atoms with Crippen LogP contribution in [-0.4, -0.2) is 12.5 Å². The number of aryl methyl sites for hydroxylation is 1. The number of ether oxygens (including phenoxy) is 1. The molecule has 0 aliphatic carbocycles. The molecule has 3 nitrogen and oxygen atoms in total. The number of anilines is 1. The number of rotatable bonds is 6. The fourth-order valence-electron chi connectivity index (χ4n) is 1.95. The molecule has 1 amide bonds. The van der Waals surface area contributed by atoms with E-state index in [9.17, 15) is 13.6 Å². The SMILES string of the molecule is Cc1cccc(OCCCC(=O)Nc2c(F)cccc2F)c1. The van der Waals surface area contributed by atoms with Crippen LogP contribution in [0.25, 0.3) is 0 Å². The Labute approximate surface area is 127 Å². The fourth-order valence-corrected chi connectivity index (χ4v) is 1.95. The summed E-state index contributed by atoms with van der Waals surface area (Å²) in [6.07, 6.45) is 0.579. The molecule has 2 aromatic rings. The van der Waals surface area contributed by atoms with Crippen molar-refractivity contribution in [2.45, 2.75) is 19.8 Å². The van der Waals surface area contributed by atoms with Gasteiger partial charge in [-0.05, 0) is 43.2 Å². The average molecular weight is 305 g/mol. The molecule has 22 heavy (non-hydrogen) atoms. The van der Waals surface area contributed by atoms with Gasteiger partial charge in [-0.25, -0.2) is 8.78 Å². The minimum atomic E-state index is -0.788. The van der Waals surface area contributed by atoms with Gasteiger partial charge >= 0.3 is 0 Å². The van der Waals surface area contributed by atoms with Gasteiger partial charge in [-0.15, -0.1) is 0 Å². The quantitative estimate of drug-likeness (QED) is 0.817. The highest BCUT2D eigenvalue weighted by Crippen LogP contribution is 2.18. The normalized spacial score (nSPS) is 10.3. The topological polar surface area (TPSA) is 38.3 Å². The molecular formula is C17H17F2NO2. The maximum atomic E-state index is 13.4. The van der Waals surface area contributed by atoms with E-state index in [2.05, 4.69) is 5.32 Å². The predicted molar refractivity (Wildman–Crippen MR) is 80.9 cm³/mol. The first-order valence-corrected chi connectivity index (χ1v) is 6.99. The molecule has 116 valence electrons. The van der Waals surface area contributed by atoms with Crippen molar-refractivity contribution in [3.63, 3.8) is 0 Å². The Hall–Kier alpha value is -2.43. The lowest BCUT2D eigenvalue weighted by molar-refractivity contribution is -0.116. The van der Waals surface area contributed by atoms with Crippen molar-refractivity contribution in [3.05, 3.63) is 59.7 Å². The second kappa shape index (κ2) is 7.54. The number of hydrogen-bond donors (Lipinski definition) is 1. The first-order valence-electron chi connectivity index (χ1n) is 6.99. The monoisotopic (exact) mass is 305 g/mol. The van der Waals surface area contributed by atoms with E-state index in [-0.39, 0.29) is 6.42 Å². The summed E-state index contributed by atoms with van der Waals surface area (Å²) in [5, 5.41) is 2.24. The second-order valence-corrected chi connectivity index (χ2v) is 4.91. The summed E-state index contributed by atoms with van der Waals surface area (Å²) in [5.74, 6) is -1.29. The van der Waals surface area contributed by atoms with Crippen LogP contribution in [0.5, 0.6) is 5.75 Å². The van der Waals surface area contributed by atoms with E-state index in [0.29, 0.717) is 13.0 Å². The Morgan fingerprint density at radius 2 is 1.82 bits per heavy atom. The van der Waals surface area contributed by atoms with Gasteiger partial charge in [0.05, 0.1) is 6.61 Å². The number of nitrogens with one attached hydrogen (secondary N) is 1. The van der Waals surface area contributed by atoms with Crippen molar-refractivity contribution >= 4 is 11.6 Å². The van der Waals surface area contributed by atoms with E-state index in [0.717, 1.165) is 23.4 Å². The van der Waals surface area contributed by atoms with Gasteiger partial charge in [0.25, 0.3) is 0 Å². The second-order valence-electron chi connectivity index (χ2n) is 4.91. The molecule has 0 aliphatic heterocycles. The highest BCUT2D eigenvalue weighted by atomic mass is 19.1. The molecule has 0 aromatic heterocycles. The van der Waals surface area contributed by atoms with Crippen LogP contribution in [0.4, 0.5) is 14.5 Å². The maximum Gasteiger partial charge on any atom is 0.224 e. The number of para-hydroxylation sites is 1. The molecule has 2 rings (SSSR count). The van der Waals surface area contributed by atoms with Crippen LogP contribution in [0, 0.1) is 18.6 Å². The maximum absolute atomic E-state index is 13.4. The van der Waals surface area contributed by atoms with Crippen molar-refractivity contribution in [2.24, 2.45) is 0 Å². The minimum Gasteiger partial charge on any atom is -0.494 e. The van der Waals surface area contributed by atoms with Gasteiger partial charge in [0.1, 0.15) is 23.1 Å². The van der Waals surface area contributed by atoms with Crippen molar-refractivity contribution in [3.8, 4) is 5.75 Å². The smallest absolute Gasteiger partial charge is 0.224 e. The van der Waals surface area contributed by atoms with Crippen LogP contribution >= 0.6 is 0 Å². The zero-order chi connectivity index (χ0) is 15.9. The Balaban J connectivity index is 1.76. The number of carbonyl (C=O) groups is 1. The van der Waals surface area contributed by atoms with Gasteiger partial charge in [-0.1, -0.05) is 18.2 Å². The molecule has 0 fully saturated rings. The summed E-state index contributed by atoms with van der Waals surface area (Å²) in [4.78, 5) is 11.7.